The maximum absolute atomic E-state index is 13.3. The molecule has 5 rings (SSSR count). The lowest BCUT2D eigenvalue weighted by Crippen LogP contribution is -2.19. The standard InChI is InChI=1S/C31H23BrN2O2S/c32-25-15-17-26(18-16-25)33-31(36)29(22-8-2-1-3-9-22)37-28-12-6-11-27(20-28)34-30(35)24-14-13-21-7-4-5-10-23(21)19-24/h1-20,29H,(H,33,36)(H,34,35). The number of amides is 2. The van der Waals surface area contributed by atoms with E-state index in [1.807, 2.05) is 121 Å². The van der Waals surface area contributed by atoms with Crippen molar-refractivity contribution in [2.24, 2.45) is 0 Å². The molecule has 0 aromatic heterocycles. The van der Waals surface area contributed by atoms with Crippen molar-refractivity contribution in [2.45, 2.75) is 10.1 Å². The van der Waals surface area contributed by atoms with E-state index < -0.39 is 5.25 Å². The molecule has 0 bridgehead atoms. The summed E-state index contributed by atoms with van der Waals surface area (Å²) in [6.07, 6.45) is 0. The highest BCUT2D eigenvalue weighted by Gasteiger charge is 2.22. The number of benzene rings is 5. The minimum atomic E-state index is -0.476. The van der Waals surface area contributed by atoms with Gasteiger partial charge in [-0.15, -0.1) is 11.8 Å². The number of nitrogens with one attached hydrogen (secondary N) is 2. The van der Waals surface area contributed by atoms with Gasteiger partial charge in [-0.2, -0.15) is 0 Å². The van der Waals surface area contributed by atoms with Crippen LogP contribution in [0.5, 0.6) is 0 Å². The first kappa shape index (κ1) is 24.8. The lowest BCUT2D eigenvalue weighted by molar-refractivity contribution is -0.115. The SMILES string of the molecule is O=C(Nc1cccc(SC(C(=O)Nc2ccc(Br)cc2)c2ccccc2)c1)c1ccc2ccccc2c1. The van der Waals surface area contributed by atoms with Crippen LogP contribution in [-0.4, -0.2) is 11.8 Å². The van der Waals surface area contributed by atoms with Crippen LogP contribution in [0.15, 0.2) is 131 Å². The van der Waals surface area contributed by atoms with Crippen molar-refractivity contribution < 1.29 is 9.59 Å². The Labute approximate surface area is 228 Å². The fraction of sp³-hybridized carbons (Fsp3) is 0.0323. The Kier molecular flexibility index (Phi) is 7.68. The molecule has 0 saturated heterocycles. The van der Waals surface area contributed by atoms with Crippen molar-refractivity contribution in [3.8, 4) is 0 Å². The predicted molar refractivity (Wildman–Crippen MR) is 156 cm³/mol. The molecule has 1 atom stereocenters. The van der Waals surface area contributed by atoms with Crippen molar-refractivity contribution in [3.63, 3.8) is 0 Å². The summed E-state index contributed by atoms with van der Waals surface area (Å²) in [4.78, 5) is 27.2. The maximum atomic E-state index is 13.3. The summed E-state index contributed by atoms with van der Waals surface area (Å²) in [5.41, 5.74) is 2.88. The summed E-state index contributed by atoms with van der Waals surface area (Å²) in [5.74, 6) is -0.301. The average molecular weight is 568 g/mol. The molecule has 1 unspecified atom stereocenters. The summed E-state index contributed by atoms with van der Waals surface area (Å²) in [6.45, 7) is 0. The molecule has 4 nitrogen and oxygen atoms in total. The van der Waals surface area contributed by atoms with E-state index in [2.05, 4.69) is 26.6 Å². The van der Waals surface area contributed by atoms with Gasteiger partial charge in [0.05, 0.1) is 0 Å². The number of thioether (sulfide) groups is 1. The Morgan fingerprint density at radius 3 is 2.16 bits per heavy atom. The van der Waals surface area contributed by atoms with E-state index in [1.54, 1.807) is 0 Å². The fourth-order valence-corrected chi connectivity index (χ4v) is 5.31. The molecular weight excluding hydrogens is 544 g/mol. The topological polar surface area (TPSA) is 58.2 Å². The number of hydrogen-bond acceptors (Lipinski definition) is 3. The summed E-state index contributed by atoms with van der Waals surface area (Å²) in [5, 5.41) is 7.64. The van der Waals surface area contributed by atoms with Crippen LogP contribution < -0.4 is 10.6 Å². The number of fused-ring (bicyclic) bond motifs is 1. The summed E-state index contributed by atoms with van der Waals surface area (Å²) >= 11 is 4.86. The molecule has 0 aliphatic heterocycles. The van der Waals surface area contributed by atoms with Crippen LogP contribution in [0, 0.1) is 0 Å². The Morgan fingerprint density at radius 1 is 0.649 bits per heavy atom. The largest absolute Gasteiger partial charge is 0.325 e. The molecule has 5 aromatic rings. The molecule has 6 heteroatoms. The van der Waals surface area contributed by atoms with Crippen molar-refractivity contribution >= 4 is 61.7 Å². The van der Waals surface area contributed by atoms with Gasteiger partial charge in [0, 0.05) is 26.3 Å². The molecule has 0 aliphatic carbocycles. The van der Waals surface area contributed by atoms with E-state index in [9.17, 15) is 9.59 Å². The molecule has 0 aliphatic rings. The first-order chi connectivity index (χ1) is 18.0. The lowest BCUT2D eigenvalue weighted by Gasteiger charge is -2.18. The van der Waals surface area contributed by atoms with Crippen LogP contribution in [0.1, 0.15) is 21.2 Å². The first-order valence-corrected chi connectivity index (χ1v) is 13.4. The quantitative estimate of drug-likeness (QED) is 0.195. The number of carbonyl (C=O) groups is 2. The van der Waals surface area contributed by atoms with Gasteiger partial charge in [0.15, 0.2) is 0 Å². The van der Waals surface area contributed by atoms with Crippen LogP contribution >= 0.6 is 27.7 Å². The van der Waals surface area contributed by atoms with Gasteiger partial charge >= 0.3 is 0 Å². The zero-order valence-corrected chi connectivity index (χ0v) is 22.1. The normalized spacial score (nSPS) is 11.6. The van der Waals surface area contributed by atoms with Crippen molar-refractivity contribution in [1.82, 2.24) is 0 Å². The van der Waals surface area contributed by atoms with Gasteiger partial charge in [0.25, 0.3) is 5.91 Å². The highest BCUT2D eigenvalue weighted by Crippen LogP contribution is 2.37. The number of anilines is 2. The molecule has 2 N–H and O–H groups in total. The van der Waals surface area contributed by atoms with E-state index >= 15 is 0 Å². The van der Waals surface area contributed by atoms with Gasteiger partial charge < -0.3 is 10.6 Å². The van der Waals surface area contributed by atoms with Crippen LogP contribution in [0.2, 0.25) is 0 Å². The molecular formula is C31H23BrN2O2S. The lowest BCUT2D eigenvalue weighted by atomic mass is 10.1. The molecule has 0 radical (unpaired) electrons. The minimum Gasteiger partial charge on any atom is -0.325 e. The molecule has 0 saturated carbocycles. The summed E-state index contributed by atoms with van der Waals surface area (Å²) in [6, 6.07) is 38.4. The van der Waals surface area contributed by atoms with Gasteiger partial charge in [-0.25, -0.2) is 0 Å². The second kappa shape index (κ2) is 11.5. The highest BCUT2D eigenvalue weighted by atomic mass is 79.9. The number of hydrogen-bond donors (Lipinski definition) is 2. The highest BCUT2D eigenvalue weighted by molar-refractivity contribution is 9.10. The monoisotopic (exact) mass is 566 g/mol. The van der Waals surface area contributed by atoms with Gasteiger partial charge in [-0.1, -0.05) is 82.7 Å². The van der Waals surface area contributed by atoms with Gasteiger partial charge in [0.2, 0.25) is 5.91 Å². The minimum absolute atomic E-state index is 0.121. The van der Waals surface area contributed by atoms with E-state index in [4.69, 9.17) is 0 Å². The Morgan fingerprint density at radius 2 is 1.38 bits per heavy atom. The Balaban J connectivity index is 1.35. The molecule has 5 aromatic carbocycles. The number of rotatable bonds is 7. The van der Waals surface area contributed by atoms with Crippen LogP contribution in [0.3, 0.4) is 0 Å². The maximum Gasteiger partial charge on any atom is 0.255 e. The Bertz CT molecular complexity index is 1560. The fourth-order valence-electron chi connectivity index (χ4n) is 3.96. The van der Waals surface area contributed by atoms with Crippen molar-refractivity contribution in [2.75, 3.05) is 10.6 Å². The number of halogens is 1. The van der Waals surface area contributed by atoms with Gasteiger partial charge in [0.1, 0.15) is 5.25 Å². The van der Waals surface area contributed by atoms with E-state index in [0.29, 0.717) is 11.3 Å². The number of carbonyl (C=O) groups excluding carboxylic acids is 2. The van der Waals surface area contributed by atoms with Crippen molar-refractivity contribution in [1.29, 1.82) is 0 Å². The molecule has 0 fully saturated rings. The van der Waals surface area contributed by atoms with Gasteiger partial charge in [-0.05, 0) is 70.9 Å². The van der Waals surface area contributed by atoms with Crippen LogP contribution in [0.25, 0.3) is 10.8 Å². The van der Waals surface area contributed by atoms with E-state index in [0.717, 1.165) is 31.4 Å². The first-order valence-electron chi connectivity index (χ1n) is 11.7. The van der Waals surface area contributed by atoms with E-state index in [-0.39, 0.29) is 11.8 Å². The molecule has 0 heterocycles. The molecule has 182 valence electrons. The average Bonchev–Trinajstić information content (AvgIpc) is 2.93. The third-order valence-electron chi connectivity index (χ3n) is 5.81. The van der Waals surface area contributed by atoms with Crippen LogP contribution in [-0.2, 0) is 4.79 Å². The zero-order chi connectivity index (χ0) is 25.6. The summed E-state index contributed by atoms with van der Waals surface area (Å²) in [7, 11) is 0. The summed E-state index contributed by atoms with van der Waals surface area (Å²) < 4.78 is 0.946. The third-order valence-corrected chi connectivity index (χ3v) is 7.59. The molecule has 2 amide bonds. The molecule has 37 heavy (non-hydrogen) atoms. The molecule has 0 spiro atoms. The van der Waals surface area contributed by atoms with Gasteiger partial charge in [-0.3, -0.25) is 9.59 Å². The zero-order valence-electron chi connectivity index (χ0n) is 19.7. The second-order valence-electron chi connectivity index (χ2n) is 8.45. The third kappa shape index (κ3) is 6.28. The van der Waals surface area contributed by atoms with Crippen molar-refractivity contribution in [3.05, 3.63) is 137 Å². The van der Waals surface area contributed by atoms with E-state index in [1.165, 1.54) is 11.8 Å². The van der Waals surface area contributed by atoms with Crippen LogP contribution in [0.4, 0.5) is 11.4 Å². The Hall–Kier alpha value is -3.87. The smallest absolute Gasteiger partial charge is 0.255 e. The second-order valence-corrected chi connectivity index (χ2v) is 10.5. The predicted octanol–water partition coefficient (Wildman–Crippen LogP) is 8.33.